The smallest absolute Gasteiger partial charge is 0.854 e. The van der Waals surface area contributed by atoms with Gasteiger partial charge in [0.15, 0.2) is 0 Å². The molecule has 0 atom stereocenters. The molecule has 0 spiro atoms. The van der Waals surface area contributed by atoms with E-state index in [4.69, 9.17) is 0 Å². The van der Waals surface area contributed by atoms with Gasteiger partial charge < -0.3 is 22.2 Å². The van der Waals surface area contributed by atoms with Crippen LogP contribution in [0.4, 0.5) is 0 Å². The molecule has 0 aromatic heterocycles. The fraction of sp³-hybridized carbons (Fsp3) is 0.625. The van der Waals surface area contributed by atoms with Crippen molar-refractivity contribution in [2.45, 2.75) is 72.1 Å². The summed E-state index contributed by atoms with van der Waals surface area (Å²) in [5.41, 5.74) is 2.90. The minimum absolute atomic E-state index is 0. The topological polar surface area (TPSA) is 69.2 Å². The van der Waals surface area contributed by atoms with Gasteiger partial charge in [0.1, 0.15) is 0 Å². The summed E-state index contributed by atoms with van der Waals surface area (Å²) in [5, 5.41) is 28.6. The van der Waals surface area contributed by atoms with Crippen LogP contribution in [0.25, 0.3) is 0 Å². The molecule has 0 aliphatic heterocycles. The van der Waals surface area contributed by atoms with Crippen molar-refractivity contribution in [3.63, 3.8) is 0 Å². The third kappa shape index (κ3) is 20.5. The zero-order valence-electron chi connectivity index (χ0n) is 18.3. The number of rotatable bonds is 8. The molecule has 0 bridgehead atoms. The molecule has 2 aliphatic carbocycles. The van der Waals surface area contributed by atoms with Gasteiger partial charge in [0, 0.05) is 0 Å². The first kappa shape index (κ1) is 32.4. The van der Waals surface area contributed by atoms with Crippen LogP contribution in [0.15, 0.2) is 47.6 Å². The Bertz CT molecular complexity index is 375. The SMILES string of the molecule is CCCC[O-].CCCC[O-].CCCC[O-].[CH2-]C(C1=CC=CC1)C1=CC=CC1.[Zr+4]. The first-order chi connectivity index (χ1) is 13.1. The van der Waals surface area contributed by atoms with E-state index in [1.807, 2.05) is 20.8 Å². The van der Waals surface area contributed by atoms with Crippen molar-refractivity contribution in [1.29, 1.82) is 0 Å². The standard InChI is InChI=1S/C12H13.3C4H9O.Zr/c1-10(11-6-2-3-7-11)12-8-4-5-9-12;3*1-2-3-4-5;/h2-6,8,10H,1,7,9H2;3*2-4H2,1H3;/q4*-1;+4. The largest absolute Gasteiger partial charge is 4.00 e. The quantitative estimate of drug-likeness (QED) is 0.512. The van der Waals surface area contributed by atoms with Crippen LogP contribution in [0.5, 0.6) is 0 Å². The zero-order chi connectivity index (χ0) is 20.8. The minimum Gasteiger partial charge on any atom is -0.854 e. The van der Waals surface area contributed by atoms with Crippen LogP contribution in [0.1, 0.15) is 72.1 Å². The first-order valence-electron chi connectivity index (χ1n) is 10.4. The van der Waals surface area contributed by atoms with E-state index in [0.717, 1.165) is 51.4 Å². The molecule has 3 nitrogen and oxygen atoms in total. The molecule has 0 aromatic carbocycles. The fourth-order valence-corrected chi connectivity index (χ4v) is 2.12. The van der Waals surface area contributed by atoms with Gasteiger partial charge in [-0.3, -0.25) is 0 Å². The predicted octanol–water partition coefficient (Wildman–Crippen LogP) is 3.65. The summed E-state index contributed by atoms with van der Waals surface area (Å²) < 4.78 is 0. The van der Waals surface area contributed by atoms with Gasteiger partial charge in [-0.05, 0) is 12.8 Å². The van der Waals surface area contributed by atoms with Crippen molar-refractivity contribution < 1.29 is 41.5 Å². The molecule has 2 aliphatic rings. The molecule has 0 unspecified atom stereocenters. The molecule has 0 saturated heterocycles. The summed E-state index contributed by atoms with van der Waals surface area (Å²) >= 11 is 0. The molecular weight excluding hydrogens is 427 g/mol. The molecule has 2 rings (SSSR count). The molecule has 4 heteroatoms. The second-order valence-electron chi connectivity index (χ2n) is 6.47. The third-order valence-corrected chi connectivity index (χ3v) is 3.99. The van der Waals surface area contributed by atoms with Gasteiger partial charge >= 0.3 is 26.2 Å². The molecule has 158 valence electrons. The number of unbranched alkanes of at least 4 members (excludes halogenated alkanes) is 3. The summed E-state index contributed by atoms with van der Waals surface area (Å²) in [6.45, 7) is 10.5. The Balaban J connectivity index is -0.000000334. The van der Waals surface area contributed by atoms with Crippen molar-refractivity contribution >= 4 is 0 Å². The maximum atomic E-state index is 9.53. The van der Waals surface area contributed by atoms with Crippen LogP contribution in [-0.2, 0) is 26.2 Å². The average molecular weight is 468 g/mol. The van der Waals surface area contributed by atoms with Crippen molar-refractivity contribution in [1.82, 2.24) is 0 Å². The maximum absolute atomic E-state index is 9.53. The Kier molecular flexibility index (Phi) is 30.9. The Labute approximate surface area is 193 Å². The van der Waals surface area contributed by atoms with Crippen LogP contribution in [0.3, 0.4) is 0 Å². The van der Waals surface area contributed by atoms with Gasteiger partial charge in [0.2, 0.25) is 0 Å². The van der Waals surface area contributed by atoms with Gasteiger partial charge in [-0.1, -0.05) is 107 Å². The molecule has 0 N–H and O–H groups in total. The Morgan fingerprint density at radius 1 is 0.750 bits per heavy atom. The van der Waals surface area contributed by atoms with Crippen molar-refractivity contribution in [2.24, 2.45) is 5.92 Å². The van der Waals surface area contributed by atoms with Crippen molar-refractivity contribution in [3.8, 4) is 0 Å². The molecule has 0 amide bonds. The van der Waals surface area contributed by atoms with Gasteiger partial charge in [-0.25, -0.2) is 0 Å². The maximum Gasteiger partial charge on any atom is 4.00 e. The van der Waals surface area contributed by atoms with E-state index in [0.29, 0.717) is 5.92 Å². The summed E-state index contributed by atoms with van der Waals surface area (Å²) in [6, 6.07) is 0. The first-order valence-corrected chi connectivity index (χ1v) is 10.4. The van der Waals surface area contributed by atoms with Crippen LogP contribution < -0.4 is 15.3 Å². The van der Waals surface area contributed by atoms with Gasteiger partial charge in [-0.15, -0.1) is 25.7 Å². The minimum atomic E-state index is 0. The van der Waals surface area contributed by atoms with E-state index >= 15 is 0 Å². The van der Waals surface area contributed by atoms with E-state index in [2.05, 4.69) is 43.4 Å². The third-order valence-electron chi connectivity index (χ3n) is 3.99. The van der Waals surface area contributed by atoms with Crippen molar-refractivity contribution in [3.05, 3.63) is 54.5 Å². The molecule has 0 fully saturated rings. The zero-order valence-corrected chi connectivity index (χ0v) is 20.7. The van der Waals surface area contributed by atoms with Gasteiger partial charge in [0.25, 0.3) is 0 Å². The van der Waals surface area contributed by atoms with E-state index in [1.165, 1.54) is 11.1 Å². The molecule has 28 heavy (non-hydrogen) atoms. The number of hydrogen-bond acceptors (Lipinski definition) is 3. The van der Waals surface area contributed by atoms with Crippen LogP contribution in [-0.4, -0.2) is 19.8 Å². The van der Waals surface area contributed by atoms with Gasteiger partial charge in [0.05, 0.1) is 0 Å². The molecule has 0 heterocycles. The Hall–Kier alpha value is -0.277. The number of hydrogen-bond donors (Lipinski definition) is 0. The summed E-state index contributed by atoms with van der Waals surface area (Å²) in [7, 11) is 0. The van der Waals surface area contributed by atoms with Crippen LogP contribution in [0, 0.1) is 12.8 Å². The van der Waals surface area contributed by atoms with Crippen molar-refractivity contribution in [2.75, 3.05) is 19.8 Å². The summed E-state index contributed by atoms with van der Waals surface area (Å²) in [6.07, 6.45) is 20.8. The van der Waals surface area contributed by atoms with Gasteiger partial charge in [-0.2, -0.15) is 0 Å². The van der Waals surface area contributed by atoms with E-state index in [-0.39, 0.29) is 46.0 Å². The second-order valence-corrected chi connectivity index (χ2v) is 6.47. The Morgan fingerprint density at radius 2 is 1.07 bits per heavy atom. The van der Waals surface area contributed by atoms with Crippen LogP contribution in [0.2, 0.25) is 0 Å². The van der Waals surface area contributed by atoms with E-state index in [1.54, 1.807) is 0 Å². The van der Waals surface area contributed by atoms with E-state index < -0.39 is 0 Å². The van der Waals surface area contributed by atoms with E-state index in [9.17, 15) is 15.3 Å². The fourth-order valence-electron chi connectivity index (χ4n) is 2.12. The summed E-state index contributed by atoms with van der Waals surface area (Å²) in [5.74, 6) is 0.398. The predicted molar refractivity (Wildman–Crippen MR) is 112 cm³/mol. The second kappa shape index (κ2) is 26.7. The number of allylic oxidation sites excluding steroid dienone is 8. The summed E-state index contributed by atoms with van der Waals surface area (Å²) in [4.78, 5) is 0. The molecule has 0 radical (unpaired) electrons. The van der Waals surface area contributed by atoms with Crippen LogP contribution >= 0.6 is 0 Å². The monoisotopic (exact) mass is 466 g/mol. The molecular formula is C24H40O3Zr. The average Bonchev–Trinajstić information content (AvgIpc) is 3.39. The Morgan fingerprint density at radius 3 is 1.21 bits per heavy atom. The molecule has 0 aromatic rings. The molecule has 0 saturated carbocycles. The normalized spacial score (nSPS) is 13.3.